The van der Waals surface area contributed by atoms with Crippen LogP contribution in [0, 0.1) is 12.8 Å². The number of rotatable bonds is 4. The number of likely N-dealkylation sites (tertiary alicyclic amines) is 1. The molecule has 2 fully saturated rings. The van der Waals surface area contributed by atoms with Crippen LogP contribution in [0.25, 0.3) is 0 Å². The smallest absolute Gasteiger partial charge is 0.109 e. The van der Waals surface area contributed by atoms with E-state index in [0.717, 1.165) is 19.5 Å². The van der Waals surface area contributed by atoms with Crippen LogP contribution in [0.4, 0.5) is 5.69 Å². The molecule has 1 aromatic carbocycles. The standard InChI is InChI=1S/C18H28N2O4/c1-12-4-2-3-5-14(12)19-7-6-13(8-19)9-20-10-16(22)18(24)17(23)15(20)11-21/h2-5,13,15-18,21-24H,6-11H2,1H3/t13-,15-,16-,17+,18+/m0/s1. The Morgan fingerprint density at radius 1 is 1.08 bits per heavy atom. The molecule has 2 heterocycles. The Balaban J connectivity index is 1.63. The zero-order valence-corrected chi connectivity index (χ0v) is 14.1. The number of nitrogens with zero attached hydrogens (tertiary/aromatic N) is 2. The molecule has 24 heavy (non-hydrogen) atoms. The van der Waals surface area contributed by atoms with Gasteiger partial charge >= 0.3 is 0 Å². The lowest BCUT2D eigenvalue weighted by Crippen LogP contribution is -2.63. The van der Waals surface area contributed by atoms with Crippen LogP contribution in [0.15, 0.2) is 24.3 Å². The molecule has 0 unspecified atom stereocenters. The maximum Gasteiger partial charge on any atom is 0.109 e. The van der Waals surface area contributed by atoms with Crippen LogP contribution in [0.3, 0.4) is 0 Å². The lowest BCUT2D eigenvalue weighted by Gasteiger charge is -2.44. The molecule has 2 aliphatic heterocycles. The van der Waals surface area contributed by atoms with Crippen molar-refractivity contribution in [1.29, 1.82) is 0 Å². The van der Waals surface area contributed by atoms with Crippen LogP contribution in [0.1, 0.15) is 12.0 Å². The summed E-state index contributed by atoms with van der Waals surface area (Å²) in [4.78, 5) is 4.30. The van der Waals surface area contributed by atoms with E-state index < -0.39 is 24.4 Å². The van der Waals surface area contributed by atoms with Crippen molar-refractivity contribution in [3.63, 3.8) is 0 Å². The number of hydrogen-bond acceptors (Lipinski definition) is 6. The minimum Gasteiger partial charge on any atom is -0.395 e. The molecule has 0 amide bonds. The fourth-order valence-corrected chi connectivity index (χ4v) is 4.04. The minimum atomic E-state index is -1.19. The number of aryl methyl sites for hydroxylation is 1. The summed E-state index contributed by atoms with van der Waals surface area (Å²) in [6.07, 6.45) is -2.24. The Labute approximate surface area is 142 Å². The highest BCUT2D eigenvalue weighted by molar-refractivity contribution is 5.53. The molecule has 1 aromatic rings. The van der Waals surface area contributed by atoms with E-state index in [2.05, 4.69) is 30.0 Å². The monoisotopic (exact) mass is 336 g/mol. The molecule has 0 aliphatic carbocycles. The highest BCUT2D eigenvalue weighted by Crippen LogP contribution is 2.28. The number of hydrogen-bond donors (Lipinski definition) is 4. The summed E-state index contributed by atoms with van der Waals surface area (Å²) in [5.41, 5.74) is 2.52. The molecule has 0 bridgehead atoms. The quantitative estimate of drug-likeness (QED) is 0.597. The van der Waals surface area contributed by atoms with E-state index in [1.54, 1.807) is 0 Å². The molecule has 0 radical (unpaired) electrons. The van der Waals surface area contributed by atoms with Crippen LogP contribution in [-0.4, -0.2) is 82.5 Å². The number of aliphatic hydroxyl groups excluding tert-OH is 4. The van der Waals surface area contributed by atoms with Gasteiger partial charge in [-0.25, -0.2) is 0 Å². The van der Waals surface area contributed by atoms with E-state index in [4.69, 9.17) is 0 Å². The third-order valence-electron chi connectivity index (χ3n) is 5.45. The molecule has 0 aromatic heterocycles. The second kappa shape index (κ2) is 7.37. The van der Waals surface area contributed by atoms with Crippen molar-refractivity contribution in [2.24, 2.45) is 5.92 Å². The molecule has 2 saturated heterocycles. The van der Waals surface area contributed by atoms with E-state index in [-0.39, 0.29) is 13.2 Å². The molecule has 134 valence electrons. The predicted octanol–water partition coefficient (Wildman–Crippen LogP) is -0.419. The van der Waals surface area contributed by atoms with E-state index in [1.807, 2.05) is 11.0 Å². The third kappa shape index (κ3) is 3.43. The highest BCUT2D eigenvalue weighted by atomic mass is 16.4. The maximum absolute atomic E-state index is 10.1. The second-order valence-electron chi connectivity index (χ2n) is 7.14. The number of anilines is 1. The van der Waals surface area contributed by atoms with Gasteiger partial charge in [-0.15, -0.1) is 0 Å². The van der Waals surface area contributed by atoms with Crippen molar-refractivity contribution in [3.05, 3.63) is 29.8 Å². The van der Waals surface area contributed by atoms with Gasteiger partial charge in [0, 0.05) is 31.9 Å². The normalized spacial score (nSPS) is 34.7. The zero-order chi connectivity index (χ0) is 17.3. The van der Waals surface area contributed by atoms with Crippen LogP contribution in [-0.2, 0) is 0 Å². The topological polar surface area (TPSA) is 87.4 Å². The summed E-state index contributed by atoms with van der Waals surface area (Å²) in [7, 11) is 0. The summed E-state index contributed by atoms with van der Waals surface area (Å²) in [5, 5.41) is 39.4. The summed E-state index contributed by atoms with van der Waals surface area (Å²) in [6.45, 7) is 4.79. The first kappa shape index (κ1) is 17.6. The van der Waals surface area contributed by atoms with E-state index in [0.29, 0.717) is 12.5 Å². The Morgan fingerprint density at radius 2 is 1.83 bits per heavy atom. The van der Waals surface area contributed by atoms with Crippen LogP contribution in [0.5, 0.6) is 0 Å². The highest BCUT2D eigenvalue weighted by Gasteiger charge is 2.42. The molecule has 6 nitrogen and oxygen atoms in total. The molecule has 2 aliphatic rings. The molecular weight excluding hydrogens is 308 g/mol. The Morgan fingerprint density at radius 3 is 2.54 bits per heavy atom. The first-order valence-corrected chi connectivity index (χ1v) is 8.71. The first-order valence-electron chi connectivity index (χ1n) is 8.71. The van der Waals surface area contributed by atoms with Crippen LogP contribution in [0.2, 0.25) is 0 Å². The Bertz CT molecular complexity index is 556. The van der Waals surface area contributed by atoms with E-state index in [9.17, 15) is 20.4 Å². The van der Waals surface area contributed by atoms with Gasteiger partial charge in [0.2, 0.25) is 0 Å². The number of β-amino-alcohol motifs (C(OH)–C–C–N with tert-alkyl or cyclic N) is 1. The summed E-state index contributed by atoms with van der Waals surface area (Å²) >= 11 is 0. The molecule has 6 heteroatoms. The van der Waals surface area contributed by atoms with Crippen molar-refractivity contribution in [2.75, 3.05) is 37.7 Å². The average molecular weight is 336 g/mol. The predicted molar refractivity (Wildman–Crippen MR) is 92.0 cm³/mol. The van der Waals surface area contributed by atoms with Gasteiger partial charge in [-0.3, -0.25) is 4.90 Å². The number of benzene rings is 1. The molecule has 3 rings (SSSR count). The largest absolute Gasteiger partial charge is 0.395 e. The van der Waals surface area contributed by atoms with Crippen molar-refractivity contribution in [2.45, 2.75) is 37.7 Å². The first-order chi connectivity index (χ1) is 11.5. The lowest BCUT2D eigenvalue weighted by molar-refractivity contribution is -0.146. The SMILES string of the molecule is Cc1ccccc1N1CC[C@H](CN2C[C@H](O)[C@@H](O)[C@H](O)[C@@H]2CO)C1. The van der Waals surface area contributed by atoms with Crippen molar-refractivity contribution >= 4 is 5.69 Å². The van der Waals surface area contributed by atoms with Gasteiger partial charge in [-0.2, -0.15) is 0 Å². The Hall–Kier alpha value is -1.18. The van der Waals surface area contributed by atoms with Gasteiger partial charge in [-0.1, -0.05) is 18.2 Å². The second-order valence-corrected chi connectivity index (χ2v) is 7.14. The van der Waals surface area contributed by atoms with Crippen molar-refractivity contribution < 1.29 is 20.4 Å². The van der Waals surface area contributed by atoms with Gasteiger partial charge in [-0.05, 0) is 30.9 Å². The molecule has 0 saturated carbocycles. The van der Waals surface area contributed by atoms with Gasteiger partial charge < -0.3 is 25.3 Å². The fourth-order valence-electron chi connectivity index (χ4n) is 4.04. The van der Waals surface area contributed by atoms with Crippen LogP contribution >= 0.6 is 0 Å². The van der Waals surface area contributed by atoms with Gasteiger partial charge in [0.1, 0.15) is 12.2 Å². The number of piperidine rings is 1. The Kier molecular flexibility index (Phi) is 5.42. The average Bonchev–Trinajstić information content (AvgIpc) is 3.02. The number of aliphatic hydroxyl groups is 4. The van der Waals surface area contributed by atoms with Gasteiger partial charge in [0.05, 0.1) is 18.8 Å². The van der Waals surface area contributed by atoms with Crippen molar-refractivity contribution in [1.82, 2.24) is 4.90 Å². The summed E-state index contributed by atoms with van der Waals surface area (Å²) in [6, 6.07) is 7.83. The van der Waals surface area contributed by atoms with Gasteiger partial charge in [0.15, 0.2) is 0 Å². The lowest BCUT2D eigenvalue weighted by atomic mass is 9.93. The van der Waals surface area contributed by atoms with E-state index >= 15 is 0 Å². The fraction of sp³-hybridized carbons (Fsp3) is 0.667. The molecule has 4 N–H and O–H groups in total. The maximum atomic E-state index is 10.1. The third-order valence-corrected chi connectivity index (χ3v) is 5.45. The summed E-state index contributed by atoms with van der Waals surface area (Å²) < 4.78 is 0. The van der Waals surface area contributed by atoms with Gasteiger partial charge in [0.25, 0.3) is 0 Å². The van der Waals surface area contributed by atoms with Crippen molar-refractivity contribution in [3.8, 4) is 0 Å². The number of para-hydroxylation sites is 1. The zero-order valence-electron chi connectivity index (χ0n) is 14.1. The van der Waals surface area contributed by atoms with E-state index in [1.165, 1.54) is 11.3 Å². The summed E-state index contributed by atoms with van der Waals surface area (Å²) in [5.74, 6) is 0.410. The molecular formula is C18H28N2O4. The minimum absolute atomic E-state index is 0.223. The molecule has 0 spiro atoms. The molecule has 5 atom stereocenters. The van der Waals surface area contributed by atoms with Crippen LogP contribution < -0.4 is 4.90 Å².